The molecule has 1 amide bonds. The van der Waals surface area contributed by atoms with E-state index < -0.39 is 0 Å². The summed E-state index contributed by atoms with van der Waals surface area (Å²) >= 11 is 0. The fourth-order valence-corrected chi connectivity index (χ4v) is 4.06. The summed E-state index contributed by atoms with van der Waals surface area (Å²) in [6.45, 7) is 3.44. The van der Waals surface area contributed by atoms with Crippen molar-refractivity contribution in [3.8, 4) is 0 Å². The topological polar surface area (TPSA) is 51.0 Å². The summed E-state index contributed by atoms with van der Waals surface area (Å²) in [5, 5.41) is 9.45. The minimum Gasteiger partial charge on any atom is -0.289 e. The first-order chi connectivity index (χ1) is 12.2. The van der Waals surface area contributed by atoms with Crippen LogP contribution < -0.4 is 4.90 Å². The van der Waals surface area contributed by atoms with Gasteiger partial charge in [0.1, 0.15) is 5.69 Å². The maximum atomic E-state index is 12.7. The molecular formula is C20H26N4O. The van der Waals surface area contributed by atoms with Crippen LogP contribution in [0.25, 0.3) is 0 Å². The molecular weight excluding hydrogens is 312 g/mol. The van der Waals surface area contributed by atoms with Crippen LogP contribution in [0.2, 0.25) is 0 Å². The van der Waals surface area contributed by atoms with Gasteiger partial charge in [0.2, 0.25) is 5.91 Å². The zero-order chi connectivity index (χ0) is 17.2. The molecule has 2 aromatic rings. The van der Waals surface area contributed by atoms with E-state index in [0.29, 0.717) is 18.9 Å². The van der Waals surface area contributed by atoms with E-state index in [0.717, 1.165) is 23.6 Å². The first-order valence-corrected chi connectivity index (χ1v) is 9.50. The van der Waals surface area contributed by atoms with Crippen LogP contribution in [0.1, 0.15) is 50.3 Å². The molecule has 25 heavy (non-hydrogen) atoms. The van der Waals surface area contributed by atoms with Crippen molar-refractivity contribution in [1.82, 2.24) is 15.0 Å². The summed E-state index contributed by atoms with van der Waals surface area (Å²) in [6, 6.07) is 10.1. The molecule has 1 fully saturated rings. The highest BCUT2D eigenvalue weighted by Crippen LogP contribution is 2.30. The average Bonchev–Trinajstić information content (AvgIpc) is 3.02. The van der Waals surface area contributed by atoms with E-state index in [1.807, 2.05) is 34.8 Å². The predicted molar refractivity (Wildman–Crippen MR) is 97.1 cm³/mol. The van der Waals surface area contributed by atoms with Crippen LogP contribution in [0.3, 0.4) is 0 Å². The number of carbonyl (C=O) groups excluding carboxylic acids is 1. The molecule has 5 nitrogen and oxygen atoms in total. The lowest BCUT2D eigenvalue weighted by atomic mass is 9.89. The van der Waals surface area contributed by atoms with E-state index in [4.69, 9.17) is 10.2 Å². The second-order valence-corrected chi connectivity index (χ2v) is 7.54. The van der Waals surface area contributed by atoms with Gasteiger partial charge >= 0.3 is 0 Å². The molecule has 0 N–H and O–H groups in total. The first kappa shape index (κ1) is 16.3. The molecule has 1 unspecified atom stereocenters. The molecule has 1 aromatic heterocycles. The fraction of sp³-hybridized carbons (Fsp3) is 0.550. The molecule has 2 aliphatic rings. The zero-order valence-corrected chi connectivity index (χ0v) is 14.9. The molecule has 1 atom stereocenters. The average molecular weight is 338 g/mol. The van der Waals surface area contributed by atoms with Crippen LogP contribution in [-0.4, -0.2) is 20.9 Å². The van der Waals surface area contributed by atoms with Gasteiger partial charge in [-0.1, -0.05) is 56.5 Å². The molecule has 1 saturated carbocycles. The normalized spacial score (nSPS) is 21.4. The Morgan fingerprint density at radius 1 is 1.08 bits per heavy atom. The number of hydrogen-bond donors (Lipinski definition) is 0. The second kappa shape index (κ2) is 6.98. The lowest BCUT2D eigenvalue weighted by Gasteiger charge is -2.28. The third-order valence-electron chi connectivity index (χ3n) is 5.48. The minimum atomic E-state index is -0.0314. The molecule has 1 aliphatic heterocycles. The van der Waals surface area contributed by atoms with Crippen molar-refractivity contribution in [2.45, 2.75) is 58.5 Å². The highest BCUT2D eigenvalue weighted by Gasteiger charge is 2.34. The summed E-state index contributed by atoms with van der Waals surface area (Å²) in [5.41, 5.74) is 2.09. The predicted octanol–water partition coefficient (Wildman–Crippen LogP) is 3.58. The van der Waals surface area contributed by atoms with Crippen molar-refractivity contribution in [1.29, 1.82) is 0 Å². The lowest BCUT2D eigenvalue weighted by Crippen LogP contribution is -2.39. The monoisotopic (exact) mass is 338 g/mol. The maximum Gasteiger partial charge on any atom is 0.231 e. The third kappa shape index (κ3) is 3.46. The van der Waals surface area contributed by atoms with Gasteiger partial charge < -0.3 is 0 Å². The summed E-state index contributed by atoms with van der Waals surface area (Å²) in [4.78, 5) is 16.4. The van der Waals surface area contributed by atoms with Gasteiger partial charge in [0.25, 0.3) is 0 Å². The standard InChI is InChI=1S/C20H26N4O/c1-15-12-18-19(22-24(21-18)14-17-10-6-3-7-11-17)23(20(15)25)13-16-8-4-2-5-9-16/h2,4-5,8-9,15,17H,3,6-7,10-14H2,1H3. The van der Waals surface area contributed by atoms with Crippen LogP contribution in [0.15, 0.2) is 30.3 Å². The van der Waals surface area contributed by atoms with Gasteiger partial charge in [-0.15, -0.1) is 5.10 Å². The van der Waals surface area contributed by atoms with E-state index in [9.17, 15) is 4.79 Å². The number of carbonyl (C=O) groups is 1. The lowest BCUT2D eigenvalue weighted by molar-refractivity contribution is -0.122. The number of hydrogen-bond acceptors (Lipinski definition) is 3. The smallest absolute Gasteiger partial charge is 0.231 e. The van der Waals surface area contributed by atoms with E-state index >= 15 is 0 Å². The third-order valence-corrected chi connectivity index (χ3v) is 5.48. The molecule has 2 heterocycles. The Hall–Kier alpha value is -2.17. The molecule has 1 aromatic carbocycles. The zero-order valence-electron chi connectivity index (χ0n) is 14.9. The van der Waals surface area contributed by atoms with Gasteiger partial charge in [-0.05, 0) is 24.3 Å². The summed E-state index contributed by atoms with van der Waals surface area (Å²) < 4.78 is 0. The van der Waals surface area contributed by atoms with Crippen LogP contribution in [0.5, 0.6) is 0 Å². The number of anilines is 1. The molecule has 5 heteroatoms. The number of benzene rings is 1. The Bertz CT molecular complexity index is 733. The largest absolute Gasteiger partial charge is 0.289 e. The maximum absolute atomic E-state index is 12.7. The molecule has 0 spiro atoms. The molecule has 0 bridgehead atoms. The number of fused-ring (bicyclic) bond motifs is 1. The number of amides is 1. The highest BCUT2D eigenvalue weighted by atomic mass is 16.2. The van der Waals surface area contributed by atoms with Crippen LogP contribution >= 0.6 is 0 Å². The summed E-state index contributed by atoms with van der Waals surface area (Å²) in [6.07, 6.45) is 7.24. The quantitative estimate of drug-likeness (QED) is 0.856. The number of nitrogens with zero attached hydrogens (tertiary/aromatic N) is 4. The van der Waals surface area contributed by atoms with Gasteiger partial charge in [-0.2, -0.15) is 9.90 Å². The summed E-state index contributed by atoms with van der Waals surface area (Å²) in [7, 11) is 0. The van der Waals surface area contributed by atoms with Crippen molar-refractivity contribution in [3.63, 3.8) is 0 Å². The Balaban J connectivity index is 1.57. The Kier molecular flexibility index (Phi) is 4.55. The van der Waals surface area contributed by atoms with E-state index in [-0.39, 0.29) is 11.8 Å². The molecule has 132 valence electrons. The van der Waals surface area contributed by atoms with Gasteiger partial charge in [0.05, 0.1) is 13.1 Å². The molecule has 4 rings (SSSR count). The molecule has 0 radical (unpaired) electrons. The van der Waals surface area contributed by atoms with Gasteiger partial charge in [-0.25, -0.2) is 0 Å². The minimum absolute atomic E-state index is 0.0314. The van der Waals surface area contributed by atoms with Crippen molar-refractivity contribution in [2.24, 2.45) is 11.8 Å². The van der Waals surface area contributed by atoms with Crippen molar-refractivity contribution < 1.29 is 4.79 Å². The Morgan fingerprint density at radius 2 is 1.84 bits per heavy atom. The van der Waals surface area contributed by atoms with E-state index in [2.05, 4.69) is 12.1 Å². The second-order valence-electron chi connectivity index (χ2n) is 7.54. The highest BCUT2D eigenvalue weighted by molar-refractivity contribution is 5.96. The Labute approximate surface area is 149 Å². The van der Waals surface area contributed by atoms with Gasteiger partial charge in [0.15, 0.2) is 5.82 Å². The SMILES string of the molecule is CC1Cc2nn(CC3CCCCC3)nc2N(Cc2ccccc2)C1=O. The Morgan fingerprint density at radius 3 is 2.60 bits per heavy atom. The van der Waals surface area contributed by atoms with Crippen LogP contribution in [0, 0.1) is 11.8 Å². The van der Waals surface area contributed by atoms with Crippen molar-refractivity contribution >= 4 is 11.7 Å². The van der Waals surface area contributed by atoms with Crippen molar-refractivity contribution in [2.75, 3.05) is 4.90 Å². The number of rotatable bonds is 4. The molecule has 0 saturated heterocycles. The molecule has 1 aliphatic carbocycles. The fourth-order valence-electron chi connectivity index (χ4n) is 4.06. The number of aromatic nitrogens is 3. The first-order valence-electron chi connectivity index (χ1n) is 9.50. The van der Waals surface area contributed by atoms with Gasteiger partial charge in [0, 0.05) is 12.3 Å². The van der Waals surface area contributed by atoms with E-state index in [1.54, 1.807) is 0 Å². The summed E-state index contributed by atoms with van der Waals surface area (Å²) in [5.74, 6) is 1.57. The van der Waals surface area contributed by atoms with Gasteiger partial charge in [-0.3, -0.25) is 9.69 Å². The van der Waals surface area contributed by atoms with Crippen molar-refractivity contribution in [3.05, 3.63) is 41.6 Å². The van der Waals surface area contributed by atoms with Crippen LogP contribution in [-0.2, 0) is 24.3 Å². The van der Waals surface area contributed by atoms with Crippen LogP contribution in [0.4, 0.5) is 5.82 Å². The van der Waals surface area contributed by atoms with E-state index in [1.165, 1.54) is 32.1 Å².